The van der Waals surface area contributed by atoms with Gasteiger partial charge in [0.05, 0.1) is 27.8 Å². The predicted molar refractivity (Wildman–Crippen MR) is 108 cm³/mol. The zero-order valence-electron chi connectivity index (χ0n) is 16.2. The summed E-state index contributed by atoms with van der Waals surface area (Å²) in [5.74, 6) is -0.578. The molecular weight excluding hydrogens is 401 g/mol. The summed E-state index contributed by atoms with van der Waals surface area (Å²) < 4.78 is 7.10. The Hall–Kier alpha value is -2.05. The van der Waals surface area contributed by atoms with Crippen LogP contribution in [0.15, 0.2) is 18.2 Å². The van der Waals surface area contributed by atoms with Crippen LogP contribution in [0.2, 0.25) is 10.0 Å². The molecule has 1 aliphatic rings. The van der Waals surface area contributed by atoms with Crippen molar-refractivity contribution in [2.24, 2.45) is 0 Å². The average molecular weight is 424 g/mol. The Morgan fingerprint density at radius 3 is 2.50 bits per heavy atom. The summed E-state index contributed by atoms with van der Waals surface area (Å²) in [6, 6.07) is 5.24. The normalized spacial score (nSPS) is 15.0. The summed E-state index contributed by atoms with van der Waals surface area (Å²) in [6.07, 6.45) is 1.27. The lowest BCUT2D eigenvalue weighted by atomic mass is 10.1. The monoisotopic (exact) mass is 423 g/mol. The first-order valence-corrected chi connectivity index (χ1v) is 10.0. The van der Waals surface area contributed by atoms with Gasteiger partial charge in [0.25, 0.3) is 5.91 Å². The van der Waals surface area contributed by atoms with Crippen LogP contribution in [-0.4, -0.2) is 45.8 Å². The van der Waals surface area contributed by atoms with E-state index in [1.165, 1.54) is 0 Å². The molecule has 1 fully saturated rings. The highest BCUT2D eigenvalue weighted by Crippen LogP contribution is 2.26. The number of aryl methyl sites for hydroxylation is 1. The van der Waals surface area contributed by atoms with E-state index in [0.29, 0.717) is 10.0 Å². The third-order valence-electron chi connectivity index (χ3n) is 4.98. The molecule has 1 atom stereocenters. The molecule has 1 unspecified atom stereocenters. The Kier molecular flexibility index (Phi) is 6.30. The van der Waals surface area contributed by atoms with Gasteiger partial charge in [0.2, 0.25) is 0 Å². The Labute approximate surface area is 174 Å². The Balaban J connectivity index is 1.71. The fourth-order valence-corrected chi connectivity index (χ4v) is 3.72. The van der Waals surface area contributed by atoms with Crippen LogP contribution in [0.4, 0.5) is 0 Å². The van der Waals surface area contributed by atoms with Crippen LogP contribution in [0, 0.1) is 13.8 Å². The Morgan fingerprint density at radius 1 is 1.18 bits per heavy atom. The number of amides is 1. The molecule has 1 aromatic carbocycles. The Bertz CT molecular complexity index is 904. The van der Waals surface area contributed by atoms with E-state index < -0.39 is 12.1 Å². The van der Waals surface area contributed by atoms with Crippen molar-refractivity contribution in [1.29, 1.82) is 0 Å². The summed E-state index contributed by atoms with van der Waals surface area (Å²) in [4.78, 5) is 26.5. The van der Waals surface area contributed by atoms with Crippen LogP contribution in [0.1, 0.15) is 36.7 Å². The number of aromatic nitrogens is 2. The molecule has 0 aliphatic carbocycles. The third kappa shape index (κ3) is 4.33. The number of rotatable bonds is 5. The number of carbonyl (C=O) groups excluding carboxylic acids is 2. The summed E-state index contributed by atoms with van der Waals surface area (Å²) >= 11 is 12.1. The fraction of sp³-hybridized carbons (Fsp3) is 0.450. The number of hydrogen-bond acceptors (Lipinski definition) is 4. The topological polar surface area (TPSA) is 64.4 Å². The van der Waals surface area contributed by atoms with Crippen molar-refractivity contribution < 1.29 is 14.3 Å². The maximum absolute atomic E-state index is 12.4. The second kappa shape index (κ2) is 8.53. The lowest BCUT2D eigenvalue weighted by molar-refractivity contribution is -0.158. The van der Waals surface area contributed by atoms with Crippen molar-refractivity contribution >= 4 is 35.1 Å². The number of benzene rings is 1. The number of hydrogen-bond donors (Lipinski definition) is 0. The molecule has 0 saturated carbocycles. The van der Waals surface area contributed by atoms with Crippen LogP contribution in [0.25, 0.3) is 5.69 Å². The van der Waals surface area contributed by atoms with Gasteiger partial charge in [0.15, 0.2) is 6.10 Å². The van der Waals surface area contributed by atoms with Crippen molar-refractivity contribution in [3.05, 3.63) is 45.2 Å². The molecule has 2 aromatic rings. The standard InChI is InChI=1S/C20H23Cl2N3O3/c1-12-16(11-19(26)28-14(3)20(27)24-8-4-5-9-24)13(2)25(23-12)15-6-7-17(21)18(22)10-15/h6-7,10,14H,4-5,8-9,11H2,1-3H3. The van der Waals surface area contributed by atoms with Crippen molar-refractivity contribution in [2.45, 2.75) is 46.1 Å². The highest BCUT2D eigenvalue weighted by molar-refractivity contribution is 6.42. The summed E-state index contributed by atoms with van der Waals surface area (Å²) in [7, 11) is 0. The van der Waals surface area contributed by atoms with Crippen LogP contribution >= 0.6 is 23.2 Å². The molecule has 3 rings (SSSR count). The number of ether oxygens (including phenoxy) is 1. The van der Waals surface area contributed by atoms with Crippen molar-refractivity contribution in [3.8, 4) is 5.69 Å². The minimum atomic E-state index is -0.781. The minimum absolute atomic E-state index is 0.0522. The molecule has 0 spiro atoms. The number of likely N-dealkylation sites (tertiary alicyclic amines) is 1. The molecule has 1 saturated heterocycles. The largest absolute Gasteiger partial charge is 0.452 e. The van der Waals surface area contributed by atoms with Crippen molar-refractivity contribution in [2.75, 3.05) is 13.1 Å². The van der Waals surface area contributed by atoms with Gasteiger partial charge >= 0.3 is 5.97 Å². The zero-order chi connectivity index (χ0) is 20.4. The van der Waals surface area contributed by atoms with Gasteiger partial charge in [-0.15, -0.1) is 0 Å². The molecule has 2 heterocycles. The number of carbonyl (C=O) groups is 2. The molecule has 1 aromatic heterocycles. The van der Waals surface area contributed by atoms with E-state index in [1.807, 2.05) is 19.9 Å². The molecular formula is C20H23Cl2N3O3. The summed E-state index contributed by atoms with van der Waals surface area (Å²) in [5, 5.41) is 5.41. The number of esters is 1. The molecule has 6 nitrogen and oxygen atoms in total. The van der Waals surface area contributed by atoms with Crippen molar-refractivity contribution in [3.63, 3.8) is 0 Å². The van der Waals surface area contributed by atoms with Gasteiger partial charge in [-0.2, -0.15) is 5.10 Å². The highest BCUT2D eigenvalue weighted by Gasteiger charge is 2.26. The summed E-state index contributed by atoms with van der Waals surface area (Å²) in [6.45, 7) is 6.80. The SMILES string of the molecule is Cc1nn(-c2ccc(Cl)c(Cl)c2)c(C)c1CC(=O)OC(C)C(=O)N1CCCC1. The van der Waals surface area contributed by atoms with E-state index in [4.69, 9.17) is 27.9 Å². The van der Waals surface area contributed by atoms with E-state index in [2.05, 4.69) is 5.10 Å². The molecule has 0 N–H and O–H groups in total. The molecule has 0 radical (unpaired) electrons. The van der Waals surface area contributed by atoms with Crippen LogP contribution in [0.5, 0.6) is 0 Å². The van der Waals surface area contributed by atoms with E-state index in [-0.39, 0.29) is 12.3 Å². The van der Waals surface area contributed by atoms with E-state index >= 15 is 0 Å². The predicted octanol–water partition coefficient (Wildman–Crippen LogP) is 3.89. The van der Waals surface area contributed by atoms with Gasteiger partial charge in [-0.3, -0.25) is 9.59 Å². The first-order chi connectivity index (χ1) is 13.3. The minimum Gasteiger partial charge on any atom is -0.452 e. The fourth-order valence-electron chi connectivity index (χ4n) is 3.43. The molecule has 150 valence electrons. The molecule has 1 amide bonds. The van der Waals surface area contributed by atoms with Gasteiger partial charge in [-0.1, -0.05) is 23.2 Å². The second-order valence-corrected chi connectivity index (χ2v) is 7.82. The lowest BCUT2D eigenvalue weighted by Crippen LogP contribution is -2.38. The smallest absolute Gasteiger partial charge is 0.311 e. The van der Waals surface area contributed by atoms with Crippen LogP contribution in [-0.2, 0) is 20.7 Å². The maximum atomic E-state index is 12.4. The lowest BCUT2D eigenvalue weighted by Gasteiger charge is -2.20. The van der Waals surface area contributed by atoms with Gasteiger partial charge in [-0.25, -0.2) is 4.68 Å². The number of nitrogens with zero attached hydrogens (tertiary/aromatic N) is 3. The Morgan fingerprint density at radius 2 is 1.86 bits per heavy atom. The molecule has 1 aliphatic heterocycles. The van der Waals surface area contributed by atoms with Crippen LogP contribution in [0.3, 0.4) is 0 Å². The second-order valence-electron chi connectivity index (χ2n) is 7.00. The molecule has 0 bridgehead atoms. The maximum Gasteiger partial charge on any atom is 0.311 e. The highest BCUT2D eigenvalue weighted by atomic mass is 35.5. The first-order valence-electron chi connectivity index (χ1n) is 9.26. The number of halogens is 2. The first kappa shape index (κ1) is 20.7. The van der Waals surface area contributed by atoms with E-state index in [0.717, 1.165) is 48.6 Å². The van der Waals surface area contributed by atoms with Gasteiger partial charge in [0, 0.05) is 24.3 Å². The molecule has 28 heavy (non-hydrogen) atoms. The van der Waals surface area contributed by atoms with Gasteiger partial charge in [-0.05, 0) is 51.8 Å². The summed E-state index contributed by atoms with van der Waals surface area (Å²) in [5.41, 5.74) is 3.06. The zero-order valence-corrected chi connectivity index (χ0v) is 17.7. The quantitative estimate of drug-likeness (QED) is 0.684. The van der Waals surface area contributed by atoms with Gasteiger partial charge in [0.1, 0.15) is 0 Å². The van der Waals surface area contributed by atoms with E-state index in [1.54, 1.807) is 28.6 Å². The van der Waals surface area contributed by atoms with Gasteiger partial charge < -0.3 is 9.64 Å². The van der Waals surface area contributed by atoms with Crippen LogP contribution < -0.4 is 0 Å². The van der Waals surface area contributed by atoms with Crippen molar-refractivity contribution in [1.82, 2.24) is 14.7 Å². The van der Waals surface area contributed by atoms with E-state index in [9.17, 15) is 9.59 Å². The molecule has 8 heteroatoms. The average Bonchev–Trinajstić information content (AvgIpc) is 3.27. The third-order valence-corrected chi connectivity index (χ3v) is 5.72.